The molecule has 0 aliphatic rings. The number of nitro groups is 1. The molecule has 0 saturated carbocycles. The fourth-order valence-electron chi connectivity index (χ4n) is 3.12. The molecule has 0 aliphatic heterocycles. The van der Waals surface area contributed by atoms with Crippen molar-refractivity contribution >= 4 is 40.8 Å². The number of esters is 1. The van der Waals surface area contributed by atoms with Gasteiger partial charge in [0.2, 0.25) is 5.82 Å². The molecule has 0 radical (unpaired) electrons. The fraction of sp³-hybridized carbons (Fsp3) is 0.125. The van der Waals surface area contributed by atoms with Crippen molar-refractivity contribution in [2.75, 3.05) is 11.9 Å². The Labute approximate surface area is 204 Å². The average molecular weight is 500 g/mol. The van der Waals surface area contributed by atoms with Crippen molar-refractivity contribution in [1.29, 1.82) is 0 Å². The van der Waals surface area contributed by atoms with Crippen LogP contribution in [0.3, 0.4) is 0 Å². The molecule has 0 bridgehead atoms. The minimum absolute atomic E-state index is 0.0340. The summed E-state index contributed by atoms with van der Waals surface area (Å²) < 4.78 is 18.4. The lowest BCUT2D eigenvalue weighted by molar-refractivity contribution is -0.387. The molecule has 9 nitrogen and oxygen atoms in total. The van der Waals surface area contributed by atoms with Gasteiger partial charge in [0.05, 0.1) is 28.0 Å². The Balaban J connectivity index is 1.62. The molecule has 1 atom stereocenters. The van der Waals surface area contributed by atoms with Crippen LogP contribution in [0.2, 0.25) is 5.02 Å². The van der Waals surface area contributed by atoms with Crippen molar-refractivity contribution in [2.45, 2.75) is 12.5 Å². The van der Waals surface area contributed by atoms with Crippen LogP contribution in [0, 0.1) is 15.9 Å². The molecule has 0 heterocycles. The SMILES string of the molecule is O=C(COC(=O)CC(NC(=O)c1ccccc1Cl)c1ccccc1)Nc1ccc(F)c([N+](=O)[O-])c1. The van der Waals surface area contributed by atoms with Crippen molar-refractivity contribution in [2.24, 2.45) is 0 Å². The van der Waals surface area contributed by atoms with Gasteiger partial charge in [-0.15, -0.1) is 0 Å². The summed E-state index contributed by atoms with van der Waals surface area (Å²) in [6.45, 7) is -0.690. The molecule has 0 spiro atoms. The number of carbonyl (C=O) groups is 3. The number of benzene rings is 3. The fourth-order valence-corrected chi connectivity index (χ4v) is 3.34. The number of rotatable bonds is 9. The van der Waals surface area contributed by atoms with E-state index in [2.05, 4.69) is 10.6 Å². The van der Waals surface area contributed by atoms with Crippen molar-refractivity contribution in [3.8, 4) is 0 Å². The highest BCUT2D eigenvalue weighted by Crippen LogP contribution is 2.22. The third kappa shape index (κ3) is 7.08. The molecule has 0 aromatic heterocycles. The van der Waals surface area contributed by atoms with Crippen LogP contribution >= 0.6 is 11.6 Å². The van der Waals surface area contributed by atoms with Crippen LogP contribution < -0.4 is 10.6 Å². The first-order chi connectivity index (χ1) is 16.7. The summed E-state index contributed by atoms with van der Waals surface area (Å²) in [6.07, 6.45) is -0.282. The van der Waals surface area contributed by atoms with Crippen LogP contribution in [-0.2, 0) is 14.3 Å². The number of ether oxygens (including phenoxy) is 1. The van der Waals surface area contributed by atoms with E-state index >= 15 is 0 Å². The average Bonchev–Trinajstić information content (AvgIpc) is 2.84. The summed E-state index contributed by atoms with van der Waals surface area (Å²) in [5, 5.41) is 16.1. The van der Waals surface area contributed by atoms with E-state index in [-0.39, 0.29) is 22.7 Å². The Morgan fingerprint density at radius 2 is 1.71 bits per heavy atom. The molecule has 1 unspecified atom stereocenters. The zero-order valence-corrected chi connectivity index (χ0v) is 18.8. The lowest BCUT2D eigenvalue weighted by atomic mass is 10.0. The number of amides is 2. The predicted octanol–water partition coefficient (Wildman–Crippen LogP) is 4.43. The van der Waals surface area contributed by atoms with Gasteiger partial charge in [-0.1, -0.05) is 54.1 Å². The Kier molecular flexibility index (Phi) is 8.47. The minimum Gasteiger partial charge on any atom is -0.455 e. The Morgan fingerprint density at radius 3 is 2.40 bits per heavy atom. The van der Waals surface area contributed by atoms with Crippen molar-refractivity contribution in [3.63, 3.8) is 0 Å². The maximum atomic E-state index is 13.4. The van der Waals surface area contributed by atoms with Crippen molar-refractivity contribution < 1.29 is 28.4 Å². The lowest BCUT2D eigenvalue weighted by Crippen LogP contribution is -2.31. The van der Waals surface area contributed by atoms with Crippen LogP contribution in [0.4, 0.5) is 15.8 Å². The zero-order chi connectivity index (χ0) is 25.4. The van der Waals surface area contributed by atoms with Crippen molar-refractivity contribution in [3.05, 3.63) is 105 Å². The minimum atomic E-state index is -1.05. The van der Waals surface area contributed by atoms with Crippen LogP contribution in [0.5, 0.6) is 0 Å². The predicted molar refractivity (Wildman–Crippen MR) is 125 cm³/mol. The van der Waals surface area contributed by atoms with Crippen LogP contribution in [0.15, 0.2) is 72.8 Å². The molecular weight excluding hydrogens is 481 g/mol. The molecule has 2 N–H and O–H groups in total. The first-order valence-corrected chi connectivity index (χ1v) is 10.6. The highest BCUT2D eigenvalue weighted by Gasteiger charge is 2.22. The van der Waals surface area contributed by atoms with Gasteiger partial charge >= 0.3 is 11.7 Å². The zero-order valence-electron chi connectivity index (χ0n) is 18.1. The largest absolute Gasteiger partial charge is 0.455 e. The van der Waals surface area contributed by atoms with Gasteiger partial charge in [0.1, 0.15) is 0 Å². The summed E-state index contributed by atoms with van der Waals surface area (Å²) in [6, 6.07) is 17.2. The van der Waals surface area contributed by atoms with E-state index in [4.69, 9.17) is 16.3 Å². The van der Waals surface area contributed by atoms with E-state index in [1.807, 2.05) is 0 Å². The van der Waals surface area contributed by atoms with Gasteiger partial charge in [0.25, 0.3) is 11.8 Å². The second-order valence-corrected chi connectivity index (χ2v) is 7.66. The summed E-state index contributed by atoms with van der Waals surface area (Å²) in [7, 11) is 0. The highest BCUT2D eigenvalue weighted by atomic mass is 35.5. The Morgan fingerprint density at radius 1 is 1.03 bits per heavy atom. The number of carbonyl (C=O) groups excluding carboxylic acids is 3. The third-order valence-electron chi connectivity index (χ3n) is 4.79. The van der Waals surface area contributed by atoms with E-state index < -0.39 is 46.9 Å². The van der Waals surface area contributed by atoms with E-state index in [1.54, 1.807) is 54.6 Å². The number of nitrogens with one attached hydrogen (secondary N) is 2. The molecule has 3 rings (SSSR count). The molecule has 0 fully saturated rings. The summed E-state index contributed by atoms with van der Waals surface area (Å²) >= 11 is 6.09. The van der Waals surface area contributed by atoms with Crippen LogP contribution in [-0.4, -0.2) is 29.3 Å². The summed E-state index contributed by atoms with van der Waals surface area (Å²) in [4.78, 5) is 47.2. The molecular formula is C24H19ClFN3O6. The monoisotopic (exact) mass is 499 g/mol. The first kappa shape index (κ1) is 25.3. The second-order valence-electron chi connectivity index (χ2n) is 7.25. The van der Waals surface area contributed by atoms with E-state index in [1.165, 1.54) is 0 Å². The summed E-state index contributed by atoms with van der Waals surface area (Å²) in [5.41, 5.74) is 0.0252. The molecule has 0 saturated heterocycles. The second kappa shape index (κ2) is 11.7. The summed E-state index contributed by atoms with van der Waals surface area (Å²) in [5.74, 6) is -3.10. The van der Waals surface area contributed by atoms with Gasteiger partial charge in [0.15, 0.2) is 6.61 Å². The van der Waals surface area contributed by atoms with Crippen LogP contribution in [0.1, 0.15) is 28.4 Å². The smallest absolute Gasteiger partial charge is 0.308 e. The lowest BCUT2D eigenvalue weighted by Gasteiger charge is -2.19. The third-order valence-corrected chi connectivity index (χ3v) is 5.12. The molecule has 35 heavy (non-hydrogen) atoms. The number of nitrogens with zero attached hydrogens (tertiary/aromatic N) is 1. The molecule has 2 amide bonds. The maximum absolute atomic E-state index is 13.4. The molecule has 180 valence electrons. The molecule has 3 aromatic rings. The number of hydrogen-bond donors (Lipinski definition) is 2. The number of hydrogen-bond acceptors (Lipinski definition) is 6. The molecule has 0 aliphatic carbocycles. The topological polar surface area (TPSA) is 128 Å². The normalized spacial score (nSPS) is 11.3. The van der Waals surface area contributed by atoms with E-state index in [0.29, 0.717) is 5.56 Å². The van der Waals surface area contributed by atoms with E-state index in [9.17, 15) is 28.9 Å². The maximum Gasteiger partial charge on any atom is 0.308 e. The van der Waals surface area contributed by atoms with Gasteiger partial charge in [-0.2, -0.15) is 4.39 Å². The van der Waals surface area contributed by atoms with Gasteiger partial charge in [-0.3, -0.25) is 24.5 Å². The molecule has 3 aromatic carbocycles. The van der Waals surface area contributed by atoms with Gasteiger partial charge in [-0.25, -0.2) is 0 Å². The van der Waals surface area contributed by atoms with Gasteiger partial charge < -0.3 is 15.4 Å². The van der Waals surface area contributed by atoms with Crippen LogP contribution in [0.25, 0.3) is 0 Å². The Bertz CT molecular complexity index is 1260. The highest BCUT2D eigenvalue weighted by molar-refractivity contribution is 6.33. The first-order valence-electron chi connectivity index (χ1n) is 10.2. The quantitative estimate of drug-likeness (QED) is 0.255. The van der Waals surface area contributed by atoms with Gasteiger partial charge in [0, 0.05) is 11.8 Å². The molecule has 11 heteroatoms. The number of anilines is 1. The Hall–Kier alpha value is -4.31. The van der Waals surface area contributed by atoms with Crippen molar-refractivity contribution in [1.82, 2.24) is 5.32 Å². The standard InChI is InChI=1S/C24H19ClFN3O6/c25-18-9-5-4-8-17(18)24(32)28-20(15-6-2-1-3-7-15)13-23(31)35-14-22(30)27-16-10-11-19(26)21(12-16)29(33)34/h1-12,20H,13-14H2,(H,27,30)(H,28,32). The van der Waals surface area contributed by atoms with Gasteiger partial charge in [-0.05, 0) is 29.8 Å². The van der Waals surface area contributed by atoms with E-state index in [0.717, 1.165) is 18.2 Å². The number of nitro benzene ring substituents is 1. The number of halogens is 2.